The van der Waals surface area contributed by atoms with Gasteiger partial charge in [-0.15, -0.1) is 0 Å². The summed E-state index contributed by atoms with van der Waals surface area (Å²) in [4.78, 5) is 16.3. The van der Waals surface area contributed by atoms with Crippen molar-refractivity contribution >= 4 is 6.03 Å². The number of piperazine rings is 1. The monoisotopic (exact) mass is 254 g/mol. The molecule has 2 N–H and O–H groups in total. The molecule has 0 aromatic carbocycles. The van der Waals surface area contributed by atoms with E-state index in [4.69, 9.17) is 0 Å². The number of carbonyl (C=O) groups excluding carboxylic acids is 1. The maximum Gasteiger partial charge on any atom is 0.315 e. The third-order valence-electron chi connectivity index (χ3n) is 3.69. The SMILES string of the molecule is CC(CNC(=O)NC1CC1)CN1CCN(C)CC1. The minimum atomic E-state index is 0.00253. The highest BCUT2D eigenvalue weighted by Gasteiger charge is 2.23. The van der Waals surface area contributed by atoms with E-state index < -0.39 is 0 Å². The van der Waals surface area contributed by atoms with Crippen LogP contribution >= 0.6 is 0 Å². The number of carbonyl (C=O) groups is 1. The number of rotatable bonds is 5. The average molecular weight is 254 g/mol. The molecule has 1 aliphatic carbocycles. The maximum absolute atomic E-state index is 11.5. The average Bonchev–Trinajstić information content (AvgIpc) is 3.13. The van der Waals surface area contributed by atoms with Gasteiger partial charge in [0.2, 0.25) is 0 Å². The standard InChI is InChI=1S/C13H26N4O/c1-11(9-14-13(18)15-12-3-4-12)10-17-7-5-16(2)6-8-17/h11-12H,3-10H2,1-2H3,(H2,14,15,18). The number of hydrogen-bond acceptors (Lipinski definition) is 3. The second kappa shape index (κ2) is 6.38. The van der Waals surface area contributed by atoms with Crippen molar-refractivity contribution < 1.29 is 4.79 Å². The molecule has 5 heteroatoms. The number of nitrogens with one attached hydrogen (secondary N) is 2. The Morgan fingerprint density at radius 3 is 2.56 bits per heavy atom. The van der Waals surface area contributed by atoms with E-state index in [0.29, 0.717) is 12.0 Å². The van der Waals surface area contributed by atoms with Crippen LogP contribution in [0, 0.1) is 5.92 Å². The lowest BCUT2D eigenvalue weighted by Gasteiger charge is -2.33. The van der Waals surface area contributed by atoms with Gasteiger partial charge in [0.25, 0.3) is 0 Å². The van der Waals surface area contributed by atoms with E-state index in [1.54, 1.807) is 0 Å². The van der Waals surface area contributed by atoms with Gasteiger partial charge in [-0.2, -0.15) is 0 Å². The van der Waals surface area contributed by atoms with Gasteiger partial charge >= 0.3 is 6.03 Å². The summed E-state index contributed by atoms with van der Waals surface area (Å²) < 4.78 is 0. The Kier molecular flexibility index (Phi) is 4.83. The first-order valence-electron chi connectivity index (χ1n) is 7.09. The summed E-state index contributed by atoms with van der Waals surface area (Å²) in [6.45, 7) is 8.66. The van der Waals surface area contributed by atoms with Crippen molar-refractivity contribution in [2.45, 2.75) is 25.8 Å². The highest BCUT2D eigenvalue weighted by Crippen LogP contribution is 2.18. The van der Waals surface area contributed by atoms with Gasteiger partial charge in [-0.05, 0) is 25.8 Å². The molecule has 1 heterocycles. The third kappa shape index (κ3) is 4.82. The fraction of sp³-hybridized carbons (Fsp3) is 0.923. The molecule has 2 aliphatic rings. The first kappa shape index (κ1) is 13.6. The summed E-state index contributed by atoms with van der Waals surface area (Å²) in [7, 11) is 2.17. The number of urea groups is 1. The molecule has 0 aromatic heterocycles. The fourth-order valence-electron chi connectivity index (χ4n) is 2.27. The predicted molar refractivity (Wildman–Crippen MR) is 72.7 cm³/mol. The lowest BCUT2D eigenvalue weighted by molar-refractivity contribution is 0.138. The molecule has 0 aromatic rings. The Hall–Kier alpha value is -0.810. The molecule has 0 spiro atoms. The smallest absolute Gasteiger partial charge is 0.315 e. The minimum absolute atomic E-state index is 0.00253. The molecule has 0 bridgehead atoms. The zero-order valence-electron chi connectivity index (χ0n) is 11.6. The molecule has 1 aliphatic heterocycles. The highest BCUT2D eigenvalue weighted by molar-refractivity contribution is 5.74. The predicted octanol–water partition coefficient (Wildman–Crippen LogP) is 0.332. The van der Waals surface area contributed by atoms with E-state index in [-0.39, 0.29) is 6.03 Å². The largest absolute Gasteiger partial charge is 0.338 e. The Labute approximate surface area is 110 Å². The molecule has 0 radical (unpaired) electrons. The fourth-order valence-corrected chi connectivity index (χ4v) is 2.27. The van der Waals surface area contributed by atoms with E-state index >= 15 is 0 Å². The summed E-state index contributed by atoms with van der Waals surface area (Å²) in [5, 5.41) is 5.91. The topological polar surface area (TPSA) is 47.6 Å². The van der Waals surface area contributed by atoms with Crippen LogP contribution in [-0.2, 0) is 0 Å². The Morgan fingerprint density at radius 1 is 1.28 bits per heavy atom. The number of hydrogen-bond donors (Lipinski definition) is 2. The van der Waals surface area contributed by atoms with Gasteiger partial charge in [0.15, 0.2) is 0 Å². The number of likely N-dealkylation sites (N-methyl/N-ethyl adjacent to an activating group) is 1. The van der Waals surface area contributed by atoms with Crippen molar-refractivity contribution in [3.05, 3.63) is 0 Å². The second-order valence-corrected chi connectivity index (χ2v) is 5.84. The van der Waals surface area contributed by atoms with Gasteiger partial charge in [0, 0.05) is 45.3 Å². The summed E-state index contributed by atoms with van der Waals surface area (Å²) in [5.74, 6) is 0.512. The Morgan fingerprint density at radius 2 is 1.94 bits per heavy atom. The van der Waals surface area contributed by atoms with Crippen LogP contribution in [0.1, 0.15) is 19.8 Å². The van der Waals surface area contributed by atoms with Crippen LogP contribution in [0.2, 0.25) is 0 Å². The first-order chi connectivity index (χ1) is 8.63. The highest BCUT2D eigenvalue weighted by atomic mass is 16.2. The van der Waals surface area contributed by atoms with Crippen molar-refractivity contribution in [3.63, 3.8) is 0 Å². The molecule has 5 nitrogen and oxygen atoms in total. The molecule has 2 fully saturated rings. The lowest BCUT2D eigenvalue weighted by Crippen LogP contribution is -2.47. The van der Waals surface area contributed by atoms with Crippen LogP contribution in [-0.4, -0.2) is 68.2 Å². The van der Waals surface area contributed by atoms with Gasteiger partial charge in [-0.25, -0.2) is 4.79 Å². The van der Waals surface area contributed by atoms with Crippen molar-refractivity contribution in [2.75, 3.05) is 46.3 Å². The van der Waals surface area contributed by atoms with Crippen LogP contribution in [0.5, 0.6) is 0 Å². The summed E-state index contributed by atoms with van der Waals surface area (Å²) in [6.07, 6.45) is 2.29. The molecule has 1 saturated heterocycles. The van der Waals surface area contributed by atoms with Crippen LogP contribution in [0.4, 0.5) is 4.79 Å². The normalized spacial score (nSPS) is 23.7. The molecule has 104 valence electrons. The first-order valence-corrected chi connectivity index (χ1v) is 7.09. The molecule has 2 rings (SSSR count). The molecule has 2 amide bonds. The van der Waals surface area contributed by atoms with Crippen LogP contribution in [0.25, 0.3) is 0 Å². The third-order valence-corrected chi connectivity index (χ3v) is 3.69. The van der Waals surface area contributed by atoms with Gasteiger partial charge in [-0.1, -0.05) is 6.92 Å². The van der Waals surface area contributed by atoms with Gasteiger partial charge < -0.3 is 20.4 Å². The van der Waals surface area contributed by atoms with E-state index in [9.17, 15) is 4.79 Å². The minimum Gasteiger partial charge on any atom is -0.338 e. The van der Waals surface area contributed by atoms with Crippen molar-refractivity contribution in [2.24, 2.45) is 5.92 Å². The Bertz CT molecular complexity index is 272. The number of amides is 2. The van der Waals surface area contributed by atoms with E-state index in [2.05, 4.69) is 34.4 Å². The molecule has 18 heavy (non-hydrogen) atoms. The van der Waals surface area contributed by atoms with E-state index in [1.165, 1.54) is 0 Å². The summed E-state index contributed by atoms with van der Waals surface area (Å²) in [6, 6.07) is 0.445. The van der Waals surface area contributed by atoms with E-state index in [1.807, 2.05) is 0 Å². The zero-order valence-corrected chi connectivity index (χ0v) is 11.6. The molecule has 1 unspecified atom stereocenters. The lowest BCUT2D eigenvalue weighted by atomic mass is 10.1. The van der Waals surface area contributed by atoms with Gasteiger partial charge in [0.1, 0.15) is 0 Å². The van der Waals surface area contributed by atoms with E-state index in [0.717, 1.165) is 52.1 Å². The summed E-state index contributed by atoms with van der Waals surface area (Å²) >= 11 is 0. The molecule has 1 atom stereocenters. The van der Waals surface area contributed by atoms with Crippen LogP contribution in [0.15, 0.2) is 0 Å². The van der Waals surface area contributed by atoms with Crippen LogP contribution < -0.4 is 10.6 Å². The molecule has 1 saturated carbocycles. The maximum atomic E-state index is 11.5. The molecular formula is C13H26N4O. The van der Waals surface area contributed by atoms with Gasteiger partial charge in [-0.3, -0.25) is 0 Å². The van der Waals surface area contributed by atoms with Crippen LogP contribution in [0.3, 0.4) is 0 Å². The van der Waals surface area contributed by atoms with Crippen molar-refractivity contribution in [1.82, 2.24) is 20.4 Å². The zero-order chi connectivity index (χ0) is 13.0. The van der Waals surface area contributed by atoms with Gasteiger partial charge in [0.05, 0.1) is 0 Å². The quantitative estimate of drug-likeness (QED) is 0.743. The second-order valence-electron chi connectivity index (χ2n) is 5.84. The number of nitrogens with zero attached hydrogens (tertiary/aromatic N) is 2. The van der Waals surface area contributed by atoms with Crippen molar-refractivity contribution in [3.8, 4) is 0 Å². The Balaban J connectivity index is 1.56. The molecular weight excluding hydrogens is 228 g/mol. The van der Waals surface area contributed by atoms with Crippen molar-refractivity contribution in [1.29, 1.82) is 0 Å². The summed E-state index contributed by atoms with van der Waals surface area (Å²) in [5.41, 5.74) is 0.